The molecule has 0 aromatic heterocycles. The number of hydrogen-bond donors (Lipinski definition) is 1. The van der Waals surface area contributed by atoms with Gasteiger partial charge in [0.05, 0.1) is 0 Å². The highest BCUT2D eigenvalue weighted by molar-refractivity contribution is 5.37. The molecule has 0 amide bonds. The molecule has 0 fully saturated rings. The molecule has 14 heavy (non-hydrogen) atoms. The summed E-state index contributed by atoms with van der Waals surface area (Å²) in [6.45, 7) is 4.13. The van der Waals surface area contributed by atoms with Gasteiger partial charge in [-0.2, -0.15) is 5.26 Å². The van der Waals surface area contributed by atoms with Crippen LogP contribution in [0.15, 0.2) is 18.2 Å². The van der Waals surface area contributed by atoms with E-state index in [9.17, 15) is 0 Å². The quantitative estimate of drug-likeness (QED) is 0.789. The molecule has 0 saturated carbocycles. The highest BCUT2D eigenvalue weighted by Gasteiger charge is 2.06. The summed E-state index contributed by atoms with van der Waals surface area (Å²) in [7, 11) is 0. The molecule has 1 aromatic carbocycles. The number of nitrogens with zero attached hydrogens (tertiary/aromatic N) is 1. The van der Waals surface area contributed by atoms with E-state index in [0.29, 0.717) is 12.3 Å². The summed E-state index contributed by atoms with van der Waals surface area (Å²) in [5, 5.41) is 8.61. The summed E-state index contributed by atoms with van der Waals surface area (Å²) >= 11 is 0. The predicted octanol–water partition coefficient (Wildman–Crippen LogP) is 1.74. The molecule has 0 heterocycles. The van der Waals surface area contributed by atoms with E-state index in [1.54, 1.807) is 6.92 Å². The Labute approximate surface area is 84.1 Å². The van der Waals surface area contributed by atoms with Crippen molar-refractivity contribution in [1.82, 2.24) is 0 Å². The van der Waals surface area contributed by atoms with Crippen LogP contribution in [0.3, 0.4) is 0 Å². The van der Waals surface area contributed by atoms with E-state index < -0.39 is 6.10 Å². The van der Waals surface area contributed by atoms with Gasteiger partial charge in [0.1, 0.15) is 11.8 Å². The Kier molecular flexibility index (Phi) is 3.49. The van der Waals surface area contributed by atoms with Gasteiger partial charge in [0.15, 0.2) is 6.10 Å². The van der Waals surface area contributed by atoms with Crippen LogP contribution < -0.4 is 10.5 Å². The average Bonchev–Trinajstić information content (AvgIpc) is 2.20. The number of hydrogen-bond acceptors (Lipinski definition) is 3. The van der Waals surface area contributed by atoms with Crippen molar-refractivity contribution in [2.75, 3.05) is 0 Å². The molecule has 1 unspecified atom stereocenters. The van der Waals surface area contributed by atoms with Crippen LogP contribution in [0, 0.1) is 18.3 Å². The van der Waals surface area contributed by atoms with Crippen molar-refractivity contribution in [3.63, 3.8) is 0 Å². The minimum absolute atomic E-state index is 0.426. The SMILES string of the molecule is Cc1ccc(OC(C)C#N)c(CN)c1. The van der Waals surface area contributed by atoms with Gasteiger partial charge in [0.25, 0.3) is 0 Å². The summed E-state index contributed by atoms with van der Waals surface area (Å²) in [4.78, 5) is 0. The second kappa shape index (κ2) is 4.64. The fraction of sp³-hybridized carbons (Fsp3) is 0.364. The standard InChI is InChI=1S/C11H14N2O/c1-8-3-4-11(10(5-8)7-13)14-9(2)6-12/h3-5,9H,7,13H2,1-2H3. The first-order chi connectivity index (χ1) is 6.67. The summed E-state index contributed by atoms with van der Waals surface area (Å²) in [5.74, 6) is 0.701. The third kappa shape index (κ3) is 2.48. The maximum absolute atomic E-state index is 8.61. The molecule has 1 aromatic rings. The third-order valence-corrected chi connectivity index (χ3v) is 1.92. The first-order valence-electron chi connectivity index (χ1n) is 4.53. The minimum atomic E-state index is -0.442. The van der Waals surface area contributed by atoms with Crippen molar-refractivity contribution < 1.29 is 4.74 Å². The number of nitriles is 1. The second-order valence-electron chi connectivity index (χ2n) is 3.20. The molecule has 1 rings (SSSR count). The highest BCUT2D eigenvalue weighted by Crippen LogP contribution is 2.20. The summed E-state index contributed by atoms with van der Waals surface area (Å²) in [6, 6.07) is 7.78. The smallest absolute Gasteiger partial charge is 0.181 e. The lowest BCUT2D eigenvalue weighted by Crippen LogP contribution is -2.11. The van der Waals surface area contributed by atoms with E-state index in [1.165, 1.54) is 0 Å². The van der Waals surface area contributed by atoms with Crippen molar-refractivity contribution in [3.05, 3.63) is 29.3 Å². The number of rotatable bonds is 3. The van der Waals surface area contributed by atoms with Gasteiger partial charge in [-0.25, -0.2) is 0 Å². The van der Waals surface area contributed by atoms with E-state index in [1.807, 2.05) is 31.2 Å². The van der Waals surface area contributed by atoms with Crippen molar-refractivity contribution in [2.24, 2.45) is 5.73 Å². The van der Waals surface area contributed by atoms with E-state index in [-0.39, 0.29) is 0 Å². The van der Waals surface area contributed by atoms with Crippen LogP contribution in [-0.2, 0) is 6.54 Å². The van der Waals surface area contributed by atoms with Gasteiger partial charge in [-0.1, -0.05) is 17.7 Å². The topological polar surface area (TPSA) is 59.0 Å². The van der Waals surface area contributed by atoms with Crippen molar-refractivity contribution in [2.45, 2.75) is 26.5 Å². The molecule has 3 heteroatoms. The fourth-order valence-electron chi connectivity index (χ4n) is 1.20. The Hall–Kier alpha value is -1.53. The van der Waals surface area contributed by atoms with Gasteiger partial charge in [0, 0.05) is 12.1 Å². The van der Waals surface area contributed by atoms with Crippen LogP contribution >= 0.6 is 0 Å². The number of ether oxygens (including phenoxy) is 1. The van der Waals surface area contributed by atoms with Gasteiger partial charge in [-0.05, 0) is 19.9 Å². The zero-order chi connectivity index (χ0) is 10.6. The van der Waals surface area contributed by atoms with Crippen molar-refractivity contribution >= 4 is 0 Å². The van der Waals surface area contributed by atoms with Gasteiger partial charge in [0.2, 0.25) is 0 Å². The zero-order valence-electron chi connectivity index (χ0n) is 8.45. The highest BCUT2D eigenvalue weighted by atomic mass is 16.5. The molecule has 0 spiro atoms. The van der Waals surface area contributed by atoms with Crippen LogP contribution in [0.5, 0.6) is 5.75 Å². The lowest BCUT2D eigenvalue weighted by atomic mass is 10.1. The zero-order valence-corrected chi connectivity index (χ0v) is 8.45. The Morgan fingerprint density at radius 1 is 1.57 bits per heavy atom. The molecule has 2 N–H and O–H groups in total. The first-order valence-corrected chi connectivity index (χ1v) is 4.53. The Balaban J connectivity index is 2.92. The number of benzene rings is 1. The lowest BCUT2D eigenvalue weighted by molar-refractivity contribution is 0.273. The summed E-state index contributed by atoms with van der Waals surface area (Å²) < 4.78 is 5.40. The molecule has 0 bridgehead atoms. The van der Waals surface area contributed by atoms with E-state index in [4.69, 9.17) is 15.7 Å². The van der Waals surface area contributed by atoms with Gasteiger partial charge < -0.3 is 10.5 Å². The molecule has 0 aliphatic carbocycles. The van der Waals surface area contributed by atoms with E-state index in [2.05, 4.69) is 0 Å². The number of nitrogens with two attached hydrogens (primary N) is 1. The van der Waals surface area contributed by atoms with Crippen molar-refractivity contribution in [1.29, 1.82) is 5.26 Å². The van der Waals surface area contributed by atoms with Crippen LogP contribution in [-0.4, -0.2) is 6.10 Å². The van der Waals surface area contributed by atoms with Gasteiger partial charge in [-0.15, -0.1) is 0 Å². The maximum atomic E-state index is 8.61. The minimum Gasteiger partial charge on any atom is -0.476 e. The Morgan fingerprint density at radius 3 is 2.86 bits per heavy atom. The molecule has 0 saturated heterocycles. The Bertz CT molecular complexity index is 355. The maximum Gasteiger partial charge on any atom is 0.181 e. The molecule has 3 nitrogen and oxygen atoms in total. The Morgan fingerprint density at radius 2 is 2.29 bits per heavy atom. The fourth-order valence-corrected chi connectivity index (χ4v) is 1.20. The average molecular weight is 190 g/mol. The molecule has 0 aliphatic heterocycles. The largest absolute Gasteiger partial charge is 0.476 e. The van der Waals surface area contributed by atoms with E-state index >= 15 is 0 Å². The lowest BCUT2D eigenvalue weighted by Gasteiger charge is -2.12. The van der Waals surface area contributed by atoms with E-state index in [0.717, 1.165) is 11.1 Å². The molecule has 1 atom stereocenters. The van der Waals surface area contributed by atoms with Crippen LogP contribution in [0.25, 0.3) is 0 Å². The van der Waals surface area contributed by atoms with Crippen LogP contribution in [0.1, 0.15) is 18.1 Å². The predicted molar refractivity (Wildman–Crippen MR) is 54.8 cm³/mol. The molecule has 0 aliphatic rings. The summed E-state index contributed by atoms with van der Waals surface area (Å²) in [5.41, 5.74) is 7.65. The van der Waals surface area contributed by atoms with Gasteiger partial charge in [-0.3, -0.25) is 0 Å². The summed E-state index contributed by atoms with van der Waals surface area (Å²) in [6.07, 6.45) is -0.442. The molecular formula is C11H14N2O. The van der Waals surface area contributed by atoms with Crippen molar-refractivity contribution in [3.8, 4) is 11.8 Å². The molecular weight excluding hydrogens is 176 g/mol. The number of aryl methyl sites for hydroxylation is 1. The molecule has 0 radical (unpaired) electrons. The third-order valence-electron chi connectivity index (χ3n) is 1.92. The second-order valence-corrected chi connectivity index (χ2v) is 3.20. The van der Waals surface area contributed by atoms with Crippen LogP contribution in [0.4, 0.5) is 0 Å². The monoisotopic (exact) mass is 190 g/mol. The normalized spacial score (nSPS) is 11.9. The van der Waals surface area contributed by atoms with Gasteiger partial charge >= 0.3 is 0 Å². The molecule has 74 valence electrons. The van der Waals surface area contributed by atoms with Crippen LogP contribution in [0.2, 0.25) is 0 Å². The first kappa shape index (κ1) is 10.6.